The fourth-order valence-corrected chi connectivity index (χ4v) is 5.15. The van der Waals surface area contributed by atoms with Gasteiger partial charge in [0.25, 0.3) is 0 Å². The molecule has 0 amide bonds. The zero-order chi connectivity index (χ0) is 18.1. The average molecular weight is 349 g/mol. The second kappa shape index (κ2) is 5.20. The molecular formula is C25H21N2+. The predicted molar refractivity (Wildman–Crippen MR) is 108 cm³/mol. The third-order valence-electron chi connectivity index (χ3n) is 6.35. The summed E-state index contributed by atoms with van der Waals surface area (Å²) in [6.45, 7) is 2.31. The molecule has 2 aliphatic carbocycles. The number of benzene rings is 3. The van der Waals surface area contributed by atoms with E-state index in [0.29, 0.717) is 0 Å². The molecule has 130 valence electrons. The summed E-state index contributed by atoms with van der Waals surface area (Å²) in [6.07, 6.45) is 6.34. The maximum Gasteiger partial charge on any atom is 0.195 e. The number of nitrogens with zero attached hydrogens (tertiary/aromatic N) is 2. The first-order valence-corrected chi connectivity index (χ1v) is 9.62. The molecule has 0 radical (unpaired) electrons. The van der Waals surface area contributed by atoms with E-state index in [2.05, 4.69) is 90.3 Å². The van der Waals surface area contributed by atoms with Crippen LogP contribution in [0.5, 0.6) is 0 Å². The normalized spacial score (nSPS) is 13.3. The molecule has 6 rings (SSSR count). The van der Waals surface area contributed by atoms with Crippen LogP contribution in [0, 0.1) is 6.92 Å². The summed E-state index contributed by atoms with van der Waals surface area (Å²) in [5, 5.41) is 0. The smallest absolute Gasteiger partial charge is 0.128 e. The molecule has 2 aliphatic rings. The molecule has 0 unspecified atom stereocenters. The molecule has 2 heteroatoms. The predicted octanol–water partition coefficient (Wildman–Crippen LogP) is 4.75. The number of fused-ring (bicyclic) bond motifs is 7. The molecule has 0 aliphatic heterocycles. The fraction of sp³-hybridized carbons (Fsp3) is 0.160. The number of hydrogen-bond acceptors (Lipinski definition) is 0. The topological polar surface area (TPSA) is 8.81 Å². The molecule has 0 N–H and O–H groups in total. The van der Waals surface area contributed by atoms with Crippen LogP contribution in [-0.4, -0.2) is 4.68 Å². The van der Waals surface area contributed by atoms with Crippen molar-refractivity contribution >= 4 is 0 Å². The lowest BCUT2D eigenvalue weighted by Gasteiger charge is -2.18. The zero-order valence-corrected chi connectivity index (χ0v) is 15.7. The Morgan fingerprint density at radius 1 is 0.778 bits per heavy atom. The van der Waals surface area contributed by atoms with E-state index in [9.17, 15) is 0 Å². The maximum atomic E-state index is 2.31. The Kier molecular flexibility index (Phi) is 2.88. The van der Waals surface area contributed by atoms with Crippen LogP contribution in [0.25, 0.3) is 27.9 Å². The first-order chi connectivity index (χ1) is 13.2. The second-order valence-corrected chi connectivity index (χ2v) is 7.76. The van der Waals surface area contributed by atoms with Crippen LogP contribution in [0.3, 0.4) is 0 Å². The molecule has 1 heterocycles. The van der Waals surface area contributed by atoms with E-state index in [1.54, 1.807) is 0 Å². The van der Waals surface area contributed by atoms with Gasteiger partial charge in [0.1, 0.15) is 5.69 Å². The highest BCUT2D eigenvalue weighted by atomic mass is 15.4. The SMILES string of the molecule is Cc1c2c(c3c(c1-n1ccc[n+]1C)Cc1ccccc1-3)-c1ccccc1C2. The summed E-state index contributed by atoms with van der Waals surface area (Å²) in [7, 11) is 2.12. The molecule has 0 atom stereocenters. The van der Waals surface area contributed by atoms with Crippen LogP contribution in [0.1, 0.15) is 27.8 Å². The van der Waals surface area contributed by atoms with Gasteiger partial charge >= 0.3 is 0 Å². The van der Waals surface area contributed by atoms with Gasteiger partial charge in [-0.1, -0.05) is 48.5 Å². The van der Waals surface area contributed by atoms with Crippen LogP contribution >= 0.6 is 0 Å². The van der Waals surface area contributed by atoms with Gasteiger partial charge in [0, 0.05) is 12.5 Å². The van der Waals surface area contributed by atoms with Gasteiger partial charge in [-0.3, -0.25) is 0 Å². The van der Waals surface area contributed by atoms with Crippen LogP contribution in [0.4, 0.5) is 0 Å². The van der Waals surface area contributed by atoms with Crippen LogP contribution < -0.4 is 4.68 Å². The van der Waals surface area contributed by atoms with E-state index >= 15 is 0 Å². The van der Waals surface area contributed by atoms with Gasteiger partial charge < -0.3 is 0 Å². The number of rotatable bonds is 1. The summed E-state index contributed by atoms with van der Waals surface area (Å²) >= 11 is 0. The monoisotopic (exact) mass is 349 g/mol. The highest BCUT2D eigenvalue weighted by molar-refractivity contribution is 5.98. The highest BCUT2D eigenvalue weighted by Gasteiger charge is 2.34. The van der Waals surface area contributed by atoms with Crippen molar-refractivity contribution in [3.63, 3.8) is 0 Å². The summed E-state index contributed by atoms with van der Waals surface area (Å²) in [5.41, 5.74) is 14.4. The largest absolute Gasteiger partial charge is 0.195 e. The van der Waals surface area contributed by atoms with E-state index in [1.807, 2.05) is 0 Å². The lowest BCUT2D eigenvalue weighted by Crippen LogP contribution is -2.37. The molecule has 0 saturated carbocycles. The number of aryl methyl sites for hydroxylation is 1. The molecule has 0 saturated heterocycles. The van der Waals surface area contributed by atoms with Gasteiger partial charge in [-0.25, -0.2) is 0 Å². The summed E-state index contributed by atoms with van der Waals surface area (Å²) in [6, 6.07) is 20.0. The number of aromatic nitrogens is 2. The van der Waals surface area contributed by atoms with Crippen molar-refractivity contribution in [2.24, 2.45) is 7.05 Å². The van der Waals surface area contributed by atoms with E-state index in [-0.39, 0.29) is 0 Å². The molecule has 0 spiro atoms. The van der Waals surface area contributed by atoms with Crippen molar-refractivity contribution in [3.05, 3.63) is 94.8 Å². The van der Waals surface area contributed by atoms with Crippen molar-refractivity contribution in [2.75, 3.05) is 0 Å². The Hall–Kier alpha value is -3.13. The van der Waals surface area contributed by atoms with Gasteiger partial charge in [-0.2, -0.15) is 0 Å². The van der Waals surface area contributed by atoms with Gasteiger partial charge in [-0.15, -0.1) is 9.36 Å². The van der Waals surface area contributed by atoms with Crippen LogP contribution in [-0.2, 0) is 19.9 Å². The second-order valence-electron chi connectivity index (χ2n) is 7.76. The Morgan fingerprint density at radius 3 is 2.00 bits per heavy atom. The maximum absolute atomic E-state index is 2.31. The van der Waals surface area contributed by atoms with Crippen molar-refractivity contribution < 1.29 is 4.68 Å². The van der Waals surface area contributed by atoms with Gasteiger partial charge in [0.2, 0.25) is 0 Å². The van der Waals surface area contributed by atoms with Gasteiger partial charge in [0.05, 0.1) is 6.20 Å². The van der Waals surface area contributed by atoms with E-state index in [4.69, 9.17) is 0 Å². The van der Waals surface area contributed by atoms with Gasteiger partial charge in [0.15, 0.2) is 13.2 Å². The first-order valence-electron chi connectivity index (χ1n) is 9.62. The lowest BCUT2D eigenvalue weighted by molar-refractivity contribution is -0.744. The Bertz CT molecular complexity index is 1240. The zero-order valence-electron chi connectivity index (χ0n) is 15.7. The summed E-state index contributed by atoms with van der Waals surface area (Å²) in [4.78, 5) is 0. The highest BCUT2D eigenvalue weighted by Crippen LogP contribution is 2.52. The quantitative estimate of drug-likeness (QED) is 0.379. The molecule has 0 fully saturated rings. The van der Waals surface area contributed by atoms with Crippen molar-refractivity contribution in [3.8, 4) is 27.9 Å². The third-order valence-corrected chi connectivity index (χ3v) is 6.35. The molecule has 1 aromatic heterocycles. The molecule has 4 aromatic rings. The average Bonchev–Trinajstić information content (AvgIpc) is 3.37. The standard InChI is InChI=1S/C25H21N2/c1-16-21-14-17-8-3-5-10-19(17)23(21)24-20-11-6-4-9-18(20)15-22(24)25(16)27-13-7-12-26(27)2/h3-13H,14-15H2,1-2H3/q+1. The molecule has 2 nitrogen and oxygen atoms in total. The third kappa shape index (κ3) is 1.88. The van der Waals surface area contributed by atoms with E-state index in [1.165, 1.54) is 55.8 Å². The van der Waals surface area contributed by atoms with Crippen molar-refractivity contribution in [1.29, 1.82) is 0 Å². The van der Waals surface area contributed by atoms with Crippen LogP contribution in [0.2, 0.25) is 0 Å². The van der Waals surface area contributed by atoms with Crippen LogP contribution in [0.15, 0.2) is 67.0 Å². The number of hydrogen-bond donors (Lipinski definition) is 0. The molecular weight excluding hydrogens is 328 g/mol. The Labute approximate surface area is 159 Å². The van der Waals surface area contributed by atoms with Crippen molar-refractivity contribution in [2.45, 2.75) is 19.8 Å². The fourth-order valence-electron chi connectivity index (χ4n) is 5.15. The summed E-state index contributed by atoms with van der Waals surface area (Å²) in [5.74, 6) is 0. The summed E-state index contributed by atoms with van der Waals surface area (Å²) < 4.78 is 4.49. The Balaban J connectivity index is 1.78. The first kappa shape index (κ1) is 15.0. The minimum atomic E-state index is 1.01. The Morgan fingerprint density at radius 2 is 1.37 bits per heavy atom. The lowest BCUT2D eigenvalue weighted by atomic mass is 9.89. The minimum absolute atomic E-state index is 1.01. The van der Waals surface area contributed by atoms with E-state index in [0.717, 1.165) is 12.8 Å². The minimum Gasteiger partial charge on any atom is -0.128 e. The molecule has 3 aromatic carbocycles. The van der Waals surface area contributed by atoms with Gasteiger partial charge in [-0.05, 0) is 63.4 Å². The van der Waals surface area contributed by atoms with Crippen molar-refractivity contribution in [1.82, 2.24) is 4.68 Å². The molecule has 0 bridgehead atoms. The molecule has 27 heavy (non-hydrogen) atoms. The van der Waals surface area contributed by atoms with E-state index < -0.39 is 0 Å².